The number of aliphatic hydroxyl groups is 1. The van der Waals surface area contributed by atoms with Crippen LogP contribution in [-0.2, 0) is 56.0 Å². The van der Waals surface area contributed by atoms with E-state index < -0.39 is 115 Å². The Hall–Kier alpha value is -7.58. The number of hydrogen-bond donors (Lipinski definition) is 19. The van der Waals surface area contributed by atoms with E-state index in [2.05, 4.69) is 62.5 Å². The highest BCUT2D eigenvalue weighted by atomic mass is 16.3. The van der Waals surface area contributed by atoms with Crippen LogP contribution in [0.15, 0.2) is 36.8 Å². The number of carbonyl (C=O) groups excluding carboxylic acids is 9. The largest absolute Gasteiger partial charge is 0.389 e. The Kier molecular flexibility index (Phi) is 28.3. The number of carbonyl (C=O) groups is 9. The average molecular weight is 1090 g/mol. The number of nitrogens with one attached hydrogen (secondary N) is 11. The van der Waals surface area contributed by atoms with Crippen molar-refractivity contribution in [1.82, 2.24) is 67.4 Å². The van der Waals surface area contributed by atoms with Crippen LogP contribution in [0, 0.1) is 5.41 Å². The van der Waals surface area contributed by atoms with Crippen molar-refractivity contribution in [3.8, 4) is 0 Å². The Morgan fingerprint density at radius 1 is 0.714 bits per heavy atom. The highest BCUT2D eigenvalue weighted by molar-refractivity contribution is 6.00. The molecule has 0 saturated carbocycles. The van der Waals surface area contributed by atoms with E-state index in [-0.39, 0.29) is 89.2 Å². The minimum Gasteiger partial charge on any atom is -0.389 e. The maximum atomic E-state index is 14.3. The van der Waals surface area contributed by atoms with E-state index in [4.69, 9.17) is 45.5 Å². The van der Waals surface area contributed by atoms with Gasteiger partial charge in [0.1, 0.15) is 41.9 Å². The number of guanidine groups is 1. The monoisotopic (exact) mass is 1090 g/mol. The van der Waals surface area contributed by atoms with Crippen LogP contribution in [0.4, 0.5) is 0 Å². The fourth-order valence-corrected chi connectivity index (χ4v) is 8.06. The maximum absolute atomic E-state index is 14.3. The zero-order valence-corrected chi connectivity index (χ0v) is 43.2. The first kappa shape index (κ1) is 63.7. The summed E-state index contributed by atoms with van der Waals surface area (Å²) < 4.78 is 0. The van der Waals surface area contributed by atoms with Crippen molar-refractivity contribution >= 4 is 59.1 Å². The first-order chi connectivity index (χ1) is 36.8. The lowest BCUT2D eigenvalue weighted by molar-refractivity contribution is -0.142. The van der Waals surface area contributed by atoms with Crippen LogP contribution in [0.2, 0.25) is 0 Å². The molecule has 31 heteroatoms. The van der Waals surface area contributed by atoms with Gasteiger partial charge in [-0.15, -0.1) is 0 Å². The molecule has 2 aromatic heterocycles. The molecule has 3 heterocycles. The van der Waals surface area contributed by atoms with Crippen molar-refractivity contribution in [2.75, 3.05) is 45.8 Å². The third-order valence-corrected chi connectivity index (χ3v) is 12.2. The molecule has 0 aliphatic carbocycles. The molecule has 0 radical (unpaired) electrons. The number of rotatable bonds is 36. The fraction of sp³-hybridized carbons (Fsp3) is 0.609. The molecule has 9 amide bonds. The number of imidazole rings is 2. The van der Waals surface area contributed by atoms with Gasteiger partial charge < -0.3 is 103 Å². The summed E-state index contributed by atoms with van der Waals surface area (Å²) in [6.45, 7) is -0.0800. The number of likely N-dealkylation sites (tertiary alicyclic amines) is 1. The molecule has 0 bridgehead atoms. The second kappa shape index (κ2) is 34.2. The highest BCUT2D eigenvalue weighted by Crippen LogP contribution is 2.20. The van der Waals surface area contributed by atoms with Crippen molar-refractivity contribution in [3.05, 3.63) is 48.2 Å². The van der Waals surface area contributed by atoms with E-state index in [1.54, 1.807) is 0 Å². The maximum Gasteiger partial charge on any atom is 0.264 e. The van der Waals surface area contributed by atoms with Crippen LogP contribution in [-0.4, -0.2) is 183 Å². The number of H-pyrrole nitrogens is 2. The number of aromatic nitrogens is 4. The summed E-state index contributed by atoms with van der Waals surface area (Å²) in [6.07, 6.45) is 8.34. The molecule has 1 aliphatic heterocycles. The van der Waals surface area contributed by atoms with Crippen LogP contribution in [0.5, 0.6) is 0 Å². The molecule has 8 atom stereocenters. The van der Waals surface area contributed by atoms with Gasteiger partial charge in [0.2, 0.25) is 47.3 Å². The van der Waals surface area contributed by atoms with Gasteiger partial charge in [-0.3, -0.25) is 48.6 Å². The van der Waals surface area contributed by atoms with Gasteiger partial charge in [0.05, 0.1) is 31.3 Å². The van der Waals surface area contributed by atoms with E-state index in [9.17, 15) is 48.3 Å². The Morgan fingerprint density at radius 3 is 1.88 bits per heavy atom. The molecule has 1 fully saturated rings. The number of primary amides is 1. The van der Waals surface area contributed by atoms with Gasteiger partial charge in [-0.2, -0.15) is 0 Å². The Morgan fingerprint density at radius 2 is 1.31 bits per heavy atom. The third kappa shape index (κ3) is 22.3. The molecule has 3 rings (SSSR count). The van der Waals surface area contributed by atoms with E-state index in [1.807, 2.05) is 0 Å². The van der Waals surface area contributed by atoms with Crippen LogP contribution in [0.3, 0.4) is 0 Å². The van der Waals surface area contributed by atoms with Crippen molar-refractivity contribution < 1.29 is 48.3 Å². The zero-order valence-electron chi connectivity index (χ0n) is 43.2. The van der Waals surface area contributed by atoms with Crippen LogP contribution < -0.4 is 82.7 Å². The molecule has 0 aromatic carbocycles. The summed E-state index contributed by atoms with van der Waals surface area (Å²) in [5, 5.41) is 38.3. The summed E-state index contributed by atoms with van der Waals surface area (Å²) in [6, 6.07) is -8.99. The smallest absolute Gasteiger partial charge is 0.264 e. The molecule has 428 valence electrons. The fourth-order valence-electron chi connectivity index (χ4n) is 8.06. The van der Waals surface area contributed by atoms with Gasteiger partial charge in [-0.1, -0.05) is 12.5 Å². The summed E-state index contributed by atoms with van der Waals surface area (Å²) in [4.78, 5) is 137. The van der Waals surface area contributed by atoms with Gasteiger partial charge in [-0.25, -0.2) is 9.97 Å². The van der Waals surface area contributed by atoms with E-state index in [0.29, 0.717) is 50.0 Å². The average Bonchev–Trinajstić information content (AvgIpc) is 4.23. The first-order valence-corrected chi connectivity index (χ1v) is 25.5. The van der Waals surface area contributed by atoms with E-state index in [1.165, 1.54) is 36.0 Å². The quantitative estimate of drug-likeness (QED) is 0.0130. The number of unbranched alkanes of at least 4 members (excludes halogenated alkanes) is 2. The van der Waals surface area contributed by atoms with Gasteiger partial charge in [0.15, 0.2) is 5.96 Å². The zero-order chi connectivity index (χ0) is 56.9. The number of nitrogens with zero attached hydrogens (tertiary/aromatic N) is 3. The topological polar surface area (TPSA) is 537 Å². The molecular weight excluding hydrogens is 1010 g/mol. The summed E-state index contributed by atoms with van der Waals surface area (Å²) in [5.41, 5.74) is 40.1. The van der Waals surface area contributed by atoms with E-state index in [0.717, 1.165) is 0 Å². The van der Waals surface area contributed by atoms with Crippen molar-refractivity contribution in [1.29, 1.82) is 5.41 Å². The number of aromatic amines is 2. The molecule has 1 saturated heterocycles. The minimum atomic E-state index is -1.62. The van der Waals surface area contributed by atoms with E-state index >= 15 is 0 Å². The van der Waals surface area contributed by atoms with Crippen LogP contribution >= 0.6 is 0 Å². The first-order valence-electron chi connectivity index (χ1n) is 25.5. The number of aliphatic hydroxyl groups excluding tert-OH is 1. The Bertz CT molecular complexity index is 2270. The van der Waals surface area contributed by atoms with Gasteiger partial charge in [0, 0.05) is 56.3 Å². The minimum absolute atomic E-state index is 0.0338. The Labute approximate surface area is 445 Å². The number of amides is 9. The summed E-state index contributed by atoms with van der Waals surface area (Å²) >= 11 is 0. The van der Waals surface area contributed by atoms with Gasteiger partial charge in [0.25, 0.3) is 5.91 Å². The lowest BCUT2D eigenvalue weighted by atomic mass is 10.1. The van der Waals surface area contributed by atoms with Crippen LogP contribution in [0.1, 0.15) is 82.0 Å². The second-order valence-electron chi connectivity index (χ2n) is 18.3. The third-order valence-electron chi connectivity index (χ3n) is 12.2. The van der Waals surface area contributed by atoms with Crippen molar-refractivity contribution in [2.24, 2.45) is 40.1 Å². The molecule has 2 aromatic rings. The normalized spacial score (nSPS) is 16.1. The molecule has 31 nitrogen and oxygen atoms in total. The van der Waals surface area contributed by atoms with Gasteiger partial charge in [-0.05, 0) is 83.8 Å². The highest BCUT2D eigenvalue weighted by Gasteiger charge is 2.40. The lowest BCUT2D eigenvalue weighted by Gasteiger charge is -2.30. The predicted octanol–water partition coefficient (Wildman–Crippen LogP) is -7.55. The Balaban J connectivity index is 1.77. The summed E-state index contributed by atoms with van der Waals surface area (Å²) in [7, 11) is 0. The summed E-state index contributed by atoms with van der Waals surface area (Å²) in [5.74, 6) is -7.61. The van der Waals surface area contributed by atoms with Crippen molar-refractivity contribution in [2.45, 2.75) is 132 Å². The molecule has 26 N–H and O–H groups in total. The molecule has 1 aliphatic rings. The number of nitrogens with two attached hydrogens (primary N) is 7. The second-order valence-corrected chi connectivity index (χ2v) is 18.3. The van der Waals surface area contributed by atoms with Gasteiger partial charge >= 0.3 is 0 Å². The van der Waals surface area contributed by atoms with Crippen LogP contribution in [0.25, 0.3) is 0 Å². The molecule has 0 unspecified atom stereocenters. The number of hydrogen-bond acceptors (Lipinski definition) is 18. The molecule has 77 heavy (non-hydrogen) atoms. The lowest BCUT2D eigenvalue weighted by Crippen LogP contribution is -2.61. The SMILES string of the molecule is N=C(N)NCC/C=C(\NC(=O)[C@H](CCCCN)NC(=O)[C@H](Cc1cnc[nH]1)NC(=O)[C@@H]1CCCN1C(=O)[C@@H](CCCN)NC(=O)CNC(=O)[C@H](Cc1cnc[nH]1)NC(=O)[C@@H](NC(=O)[C@@H](N)CCCCN)[C@@H](O)CN)C(N)=O. The molecular formula is C46H79N21O10. The van der Waals surface area contributed by atoms with Crippen molar-refractivity contribution in [3.63, 3.8) is 0 Å². The standard InChI is InChI=1S/C46H79N21O10/c47-13-3-1-8-28(51)39(71)66-37(35(68)20-50)44(76)65-32(18-26-21-55-24-59-26)40(72)58-23-36(69)61-31(10-5-15-49)45(77)67-17-7-12-34(67)43(75)64-33(19-27-22-56-25-60-27)42(74)63-30(9-2-4-14-48)41(73)62-29(38(52)70)11-6-16-57-46(53)54/h11,21-22,24-25,28,30-35,37,68H,1-10,12-20,23,47-51H2,(H2,52,70)(H,55,59)(H,56,60)(H,58,72)(H,61,69)(H,62,73)(H,63,74)(H,64,75)(H,65,76)(H,66,71)(H4,53,54,57)/b29-11-/t28-,30-,31+,32-,33-,34-,35-,37-/m0/s1. The molecule has 0 spiro atoms. The predicted molar refractivity (Wildman–Crippen MR) is 279 cm³/mol.